The summed E-state index contributed by atoms with van der Waals surface area (Å²) in [4.78, 5) is 4.05. The lowest BCUT2D eigenvalue weighted by Crippen LogP contribution is -2.32. The molecule has 0 aliphatic heterocycles. The molecule has 1 N–H and O–H groups in total. The van der Waals surface area contributed by atoms with E-state index in [1.807, 2.05) is 7.05 Å². The molecule has 0 amide bonds. The van der Waals surface area contributed by atoms with Gasteiger partial charge in [-0.2, -0.15) is 13.2 Å². The Morgan fingerprint density at radius 3 is 2.38 bits per heavy atom. The summed E-state index contributed by atoms with van der Waals surface area (Å²) in [5, 5.41) is 3.24. The van der Waals surface area contributed by atoms with Gasteiger partial charge < -0.3 is 5.32 Å². The van der Waals surface area contributed by atoms with E-state index in [0.717, 1.165) is 31.0 Å². The fourth-order valence-corrected chi connectivity index (χ4v) is 3.27. The smallest absolute Gasteiger partial charge is 0.311 e. The summed E-state index contributed by atoms with van der Waals surface area (Å²) in [5.74, 6) is 1.80. The van der Waals surface area contributed by atoms with E-state index in [9.17, 15) is 13.2 Å². The van der Waals surface area contributed by atoms with E-state index >= 15 is 0 Å². The van der Waals surface area contributed by atoms with Crippen molar-refractivity contribution in [3.05, 3.63) is 29.6 Å². The molecule has 21 heavy (non-hydrogen) atoms. The predicted octanol–water partition coefficient (Wildman–Crippen LogP) is 4.43. The number of pyridine rings is 1. The Bertz CT molecular complexity index is 456. The highest BCUT2D eigenvalue weighted by molar-refractivity contribution is 5.19. The van der Waals surface area contributed by atoms with Gasteiger partial charge in [0.2, 0.25) is 0 Å². The van der Waals surface area contributed by atoms with Crippen molar-refractivity contribution in [3.8, 4) is 0 Å². The van der Waals surface area contributed by atoms with Crippen molar-refractivity contribution >= 4 is 0 Å². The fourth-order valence-electron chi connectivity index (χ4n) is 3.27. The van der Waals surface area contributed by atoms with E-state index in [2.05, 4.69) is 24.1 Å². The third-order valence-electron chi connectivity index (χ3n) is 4.85. The van der Waals surface area contributed by atoms with Gasteiger partial charge in [0, 0.05) is 6.20 Å². The second-order valence-corrected chi connectivity index (χ2v) is 6.26. The summed E-state index contributed by atoms with van der Waals surface area (Å²) >= 11 is 0. The Labute approximate surface area is 124 Å². The molecule has 0 aromatic carbocycles. The zero-order chi connectivity index (χ0) is 15.6. The molecule has 1 aliphatic rings. The molecule has 5 heteroatoms. The third kappa shape index (κ3) is 3.76. The van der Waals surface area contributed by atoms with Crippen molar-refractivity contribution in [1.29, 1.82) is 0 Å². The molecule has 4 atom stereocenters. The second-order valence-electron chi connectivity index (χ2n) is 6.26. The average molecular weight is 300 g/mol. The zero-order valence-corrected chi connectivity index (χ0v) is 12.7. The van der Waals surface area contributed by atoms with Crippen LogP contribution in [0.25, 0.3) is 0 Å². The molecule has 1 heterocycles. The van der Waals surface area contributed by atoms with Crippen LogP contribution < -0.4 is 5.32 Å². The Hall–Kier alpha value is -1.10. The van der Waals surface area contributed by atoms with Crippen molar-refractivity contribution in [2.45, 2.75) is 45.3 Å². The van der Waals surface area contributed by atoms with E-state index in [-0.39, 0.29) is 6.04 Å². The molecule has 0 radical (unpaired) electrons. The number of nitrogens with one attached hydrogen (secondary N) is 1. The Kier molecular flexibility index (Phi) is 4.91. The van der Waals surface area contributed by atoms with E-state index < -0.39 is 11.7 Å². The molecule has 0 saturated heterocycles. The number of hydrogen-bond acceptors (Lipinski definition) is 2. The molecule has 0 bridgehead atoms. The van der Waals surface area contributed by atoms with Gasteiger partial charge in [0.25, 0.3) is 0 Å². The first kappa shape index (κ1) is 16.3. The lowest BCUT2D eigenvalue weighted by molar-refractivity contribution is -0.137. The molecule has 1 saturated carbocycles. The summed E-state index contributed by atoms with van der Waals surface area (Å²) in [6, 6.07) is 2.66. The monoisotopic (exact) mass is 300 g/mol. The van der Waals surface area contributed by atoms with Crippen LogP contribution in [-0.4, -0.2) is 12.0 Å². The van der Waals surface area contributed by atoms with Crippen molar-refractivity contribution < 1.29 is 13.2 Å². The van der Waals surface area contributed by atoms with E-state index in [4.69, 9.17) is 0 Å². The van der Waals surface area contributed by atoms with Crippen LogP contribution in [0.1, 0.15) is 50.4 Å². The van der Waals surface area contributed by atoms with Crippen LogP contribution in [0.15, 0.2) is 18.3 Å². The van der Waals surface area contributed by atoms with E-state index in [1.54, 1.807) is 0 Å². The standard InChI is InChI=1S/C16H23F3N2/c1-10-4-5-12(8-11(10)2)15(20-3)14-7-6-13(9-21-14)16(17,18)19/h6-7,9-12,15,20H,4-5,8H2,1-3H3. The van der Waals surface area contributed by atoms with Gasteiger partial charge in [-0.25, -0.2) is 0 Å². The maximum Gasteiger partial charge on any atom is 0.417 e. The molecule has 4 unspecified atom stereocenters. The molecular formula is C16H23F3N2. The predicted molar refractivity (Wildman–Crippen MR) is 76.7 cm³/mol. The van der Waals surface area contributed by atoms with Crippen molar-refractivity contribution in [2.24, 2.45) is 17.8 Å². The zero-order valence-electron chi connectivity index (χ0n) is 12.7. The van der Waals surface area contributed by atoms with Gasteiger partial charge >= 0.3 is 6.18 Å². The molecule has 1 aliphatic carbocycles. The van der Waals surface area contributed by atoms with Crippen LogP contribution in [0, 0.1) is 17.8 Å². The maximum absolute atomic E-state index is 12.6. The summed E-state index contributed by atoms with van der Waals surface area (Å²) in [6.45, 7) is 4.52. The minimum absolute atomic E-state index is 0.0298. The molecule has 1 fully saturated rings. The summed E-state index contributed by atoms with van der Waals surface area (Å²) in [6.07, 6.45) is -0.0241. The van der Waals surface area contributed by atoms with Crippen LogP contribution in [0.3, 0.4) is 0 Å². The minimum Gasteiger partial charge on any atom is -0.311 e. The number of halogens is 3. The Morgan fingerprint density at radius 1 is 1.19 bits per heavy atom. The van der Waals surface area contributed by atoms with Gasteiger partial charge in [-0.05, 0) is 49.8 Å². The molecule has 0 spiro atoms. The van der Waals surface area contributed by atoms with E-state index in [1.165, 1.54) is 12.5 Å². The Morgan fingerprint density at radius 2 is 1.90 bits per heavy atom. The largest absolute Gasteiger partial charge is 0.417 e. The molecule has 2 rings (SSSR count). The van der Waals surface area contributed by atoms with E-state index in [0.29, 0.717) is 17.5 Å². The average Bonchev–Trinajstić information content (AvgIpc) is 2.43. The van der Waals surface area contributed by atoms with Gasteiger partial charge in [-0.15, -0.1) is 0 Å². The SMILES string of the molecule is CNC(c1ccc(C(F)(F)F)cn1)C1CCC(C)C(C)C1. The molecule has 1 aromatic rings. The minimum atomic E-state index is -4.32. The van der Waals surface area contributed by atoms with Gasteiger partial charge in [-0.1, -0.05) is 20.3 Å². The number of hydrogen-bond donors (Lipinski definition) is 1. The van der Waals surface area contributed by atoms with Crippen molar-refractivity contribution in [1.82, 2.24) is 10.3 Å². The van der Waals surface area contributed by atoms with Crippen LogP contribution >= 0.6 is 0 Å². The van der Waals surface area contributed by atoms with Gasteiger partial charge in [0.05, 0.1) is 17.3 Å². The number of aromatic nitrogens is 1. The number of nitrogens with zero attached hydrogens (tertiary/aromatic N) is 1. The summed E-state index contributed by atoms with van der Waals surface area (Å²) < 4.78 is 37.8. The molecule has 2 nitrogen and oxygen atoms in total. The quantitative estimate of drug-likeness (QED) is 0.893. The lowest BCUT2D eigenvalue weighted by atomic mass is 9.72. The molecular weight excluding hydrogens is 277 g/mol. The van der Waals surface area contributed by atoms with Crippen LogP contribution in [0.2, 0.25) is 0 Å². The van der Waals surface area contributed by atoms with Gasteiger partial charge in [-0.3, -0.25) is 4.98 Å². The first-order chi connectivity index (χ1) is 9.82. The first-order valence-electron chi connectivity index (χ1n) is 7.53. The second kappa shape index (κ2) is 6.34. The highest BCUT2D eigenvalue weighted by atomic mass is 19.4. The van der Waals surface area contributed by atoms with Crippen LogP contribution in [0.4, 0.5) is 13.2 Å². The van der Waals surface area contributed by atoms with Gasteiger partial charge in [0.1, 0.15) is 0 Å². The van der Waals surface area contributed by atoms with Gasteiger partial charge in [0.15, 0.2) is 0 Å². The fraction of sp³-hybridized carbons (Fsp3) is 0.688. The van der Waals surface area contributed by atoms with Crippen LogP contribution in [-0.2, 0) is 6.18 Å². The Balaban J connectivity index is 2.14. The lowest BCUT2D eigenvalue weighted by Gasteiger charge is -2.36. The number of rotatable bonds is 3. The van der Waals surface area contributed by atoms with Crippen molar-refractivity contribution in [3.63, 3.8) is 0 Å². The normalized spacial score (nSPS) is 28.4. The topological polar surface area (TPSA) is 24.9 Å². The third-order valence-corrected chi connectivity index (χ3v) is 4.85. The number of alkyl halides is 3. The van der Waals surface area contributed by atoms with Crippen molar-refractivity contribution in [2.75, 3.05) is 7.05 Å². The molecule has 118 valence electrons. The molecule has 1 aromatic heterocycles. The summed E-state index contributed by atoms with van der Waals surface area (Å²) in [7, 11) is 1.85. The first-order valence-corrected chi connectivity index (χ1v) is 7.53. The maximum atomic E-state index is 12.6. The highest BCUT2D eigenvalue weighted by Gasteiger charge is 2.33. The van der Waals surface area contributed by atoms with Crippen LogP contribution in [0.5, 0.6) is 0 Å². The highest BCUT2D eigenvalue weighted by Crippen LogP contribution is 2.39. The summed E-state index contributed by atoms with van der Waals surface area (Å²) in [5.41, 5.74) is 0.0176.